The number of thiazole rings is 1. The molecule has 1 heterocycles. The van der Waals surface area contributed by atoms with Crippen LogP contribution in [0.3, 0.4) is 0 Å². The first-order valence-electron chi connectivity index (χ1n) is 5.98. The molecule has 6 nitrogen and oxygen atoms in total. The lowest BCUT2D eigenvalue weighted by Crippen LogP contribution is -2.21. The molecule has 2 aromatic rings. The molecule has 0 spiro atoms. The van der Waals surface area contributed by atoms with Gasteiger partial charge in [0.2, 0.25) is 0 Å². The maximum absolute atomic E-state index is 11.5. The Labute approximate surface area is 119 Å². The molecule has 1 aromatic carbocycles. The second kappa shape index (κ2) is 5.87. The number of carbonyl (C=O) groups excluding carboxylic acids is 2. The summed E-state index contributed by atoms with van der Waals surface area (Å²) in [7, 11) is 1.32. The van der Waals surface area contributed by atoms with Gasteiger partial charge in [0.05, 0.1) is 29.5 Å². The molecule has 0 aliphatic carbocycles. The van der Waals surface area contributed by atoms with Crippen molar-refractivity contribution in [2.24, 2.45) is 0 Å². The number of nitrogens with one attached hydrogen (secondary N) is 1. The zero-order chi connectivity index (χ0) is 14.7. The Morgan fingerprint density at radius 3 is 2.80 bits per heavy atom. The number of rotatable bonds is 4. The monoisotopic (exact) mass is 294 g/mol. The summed E-state index contributed by atoms with van der Waals surface area (Å²) in [4.78, 5) is 23.2. The molecule has 1 aromatic heterocycles. The van der Waals surface area contributed by atoms with E-state index in [-0.39, 0.29) is 17.3 Å². The Balaban J connectivity index is 2.42. The highest BCUT2D eigenvalue weighted by atomic mass is 32.1. The summed E-state index contributed by atoms with van der Waals surface area (Å²) in [5.74, 6) is -0.813. The van der Waals surface area contributed by atoms with Crippen molar-refractivity contribution in [3.05, 3.63) is 28.6 Å². The largest absolute Gasteiger partial charge is 0.465 e. The molecule has 0 bridgehead atoms. The van der Waals surface area contributed by atoms with E-state index in [9.17, 15) is 9.59 Å². The number of hydrogen-bond donors (Lipinski definition) is 1. The maximum Gasteiger partial charge on any atom is 0.337 e. The smallest absolute Gasteiger partial charge is 0.337 e. The number of aromatic nitrogens is 1. The lowest BCUT2D eigenvalue weighted by Gasteiger charge is -2.05. The van der Waals surface area contributed by atoms with Crippen LogP contribution in [-0.4, -0.2) is 30.2 Å². The van der Waals surface area contributed by atoms with Crippen LogP contribution in [0.5, 0.6) is 0 Å². The number of ether oxygens (including phenoxy) is 2. The molecule has 0 atom stereocenters. The second-order valence-electron chi connectivity index (χ2n) is 3.97. The molecule has 7 heteroatoms. The van der Waals surface area contributed by atoms with Crippen LogP contribution >= 0.6 is 11.3 Å². The van der Waals surface area contributed by atoms with E-state index < -0.39 is 5.97 Å². The predicted molar refractivity (Wildman–Crippen MR) is 73.6 cm³/mol. The number of benzene rings is 1. The van der Waals surface area contributed by atoms with Gasteiger partial charge in [-0.1, -0.05) is 11.3 Å². The molecule has 0 saturated heterocycles. The molecule has 0 unspecified atom stereocenters. The zero-order valence-corrected chi connectivity index (χ0v) is 12.0. The molecule has 0 fully saturated rings. The molecule has 0 radical (unpaired) electrons. The number of methoxy groups -OCH3 is 1. The molecule has 106 valence electrons. The minimum atomic E-state index is -0.427. The fraction of sp³-hybridized carbons (Fsp3) is 0.308. The van der Waals surface area contributed by atoms with Crippen LogP contribution in [0.1, 0.15) is 17.3 Å². The first-order chi connectivity index (χ1) is 9.56. The number of nitrogens with zero attached hydrogens (tertiary/aromatic N) is 1. The van der Waals surface area contributed by atoms with Gasteiger partial charge < -0.3 is 14.0 Å². The first-order valence-corrected chi connectivity index (χ1v) is 6.80. The van der Waals surface area contributed by atoms with Crippen molar-refractivity contribution < 1.29 is 19.1 Å². The topological polar surface area (TPSA) is 81.4 Å². The van der Waals surface area contributed by atoms with Crippen molar-refractivity contribution in [3.63, 3.8) is 0 Å². The van der Waals surface area contributed by atoms with E-state index in [2.05, 4.69) is 4.74 Å². The first kappa shape index (κ1) is 14.3. The van der Waals surface area contributed by atoms with Crippen molar-refractivity contribution >= 4 is 33.5 Å². The summed E-state index contributed by atoms with van der Waals surface area (Å²) in [6, 6.07) is 4.98. The summed E-state index contributed by atoms with van der Waals surface area (Å²) in [5.41, 5.74) is 1.14. The summed E-state index contributed by atoms with van der Waals surface area (Å²) in [6.45, 7) is 2.03. The van der Waals surface area contributed by atoms with Crippen molar-refractivity contribution in [2.45, 2.75) is 13.5 Å². The quantitative estimate of drug-likeness (QED) is 0.867. The van der Waals surface area contributed by atoms with E-state index in [1.807, 2.05) is 0 Å². The van der Waals surface area contributed by atoms with Crippen molar-refractivity contribution in [1.82, 2.24) is 4.57 Å². The Hall–Kier alpha value is -2.15. The van der Waals surface area contributed by atoms with Gasteiger partial charge in [-0.15, -0.1) is 0 Å². The minimum absolute atomic E-state index is 0.00968. The summed E-state index contributed by atoms with van der Waals surface area (Å²) in [5, 5.41) is 7.90. The van der Waals surface area contributed by atoms with Gasteiger partial charge in [-0.25, -0.2) is 4.79 Å². The molecule has 0 aliphatic rings. The minimum Gasteiger partial charge on any atom is -0.465 e. The van der Waals surface area contributed by atoms with Crippen molar-refractivity contribution in [3.8, 4) is 0 Å². The number of fused-ring (bicyclic) bond motifs is 1. The number of carbonyl (C=O) groups is 2. The zero-order valence-electron chi connectivity index (χ0n) is 11.1. The molecule has 0 amide bonds. The van der Waals surface area contributed by atoms with Gasteiger partial charge in [-0.2, -0.15) is 0 Å². The highest BCUT2D eigenvalue weighted by Gasteiger charge is 2.13. The highest BCUT2D eigenvalue weighted by molar-refractivity contribution is 7.16. The summed E-state index contributed by atoms with van der Waals surface area (Å²) in [6.07, 6.45) is 0. The van der Waals surface area contributed by atoms with Gasteiger partial charge in [0.1, 0.15) is 6.54 Å². The van der Waals surface area contributed by atoms with E-state index in [4.69, 9.17) is 10.1 Å². The standard InChI is InChI=1S/C13H14N2O4S/c1-3-19-11(16)7-15-9-5-4-8(12(17)18-2)6-10(9)20-13(15)14/h4-6,14H,3,7H2,1-2H3. The fourth-order valence-electron chi connectivity index (χ4n) is 1.83. The average molecular weight is 294 g/mol. The van der Waals surface area contributed by atoms with E-state index in [1.54, 1.807) is 29.7 Å². The van der Waals surface area contributed by atoms with Gasteiger partial charge in [0, 0.05) is 0 Å². The van der Waals surface area contributed by atoms with Gasteiger partial charge in [0.15, 0.2) is 4.80 Å². The predicted octanol–water partition coefficient (Wildman–Crippen LogP) is 1.53. The van der Waals surface area contributed by atoms with Crippen molar-refractivity contribution in [1.29, 1.82) is 5.41 Å². The Bertz CT molecular complexity index is 717. The lowest BCUT2D eigenvalue weighted by molar-refractivity contribution is -0.143. The van der Waals surface area contributed by atoms with Crippen LogP contribution in [0.25, 0.3) is 10.2 Å². The second-order valence-corrected chi connectivity index (χ2v) is 5.00. The van der Waals surface area contributed by atoms with E-state index in [1.165, 1.54) is 18.4 Å². The molecule has 20 heavy (non-hydrogen) atoms. The third kappa shape index (κ3) is 2.72. The van der Waals surface area contributed by atoms with Crippen LogP contribution in [0, 0.1) is 5.41 Å². The van der Waals surface area contributed by atoms with E-state index in [0.29, 0.717) is 12.2 Å². The van der Waals surface area contributed by atoms with Crippen LogP contribution < -0.4 is 4.80 Å². The van der Waals surface area contributed by atoms with E-state index >= 15 is 0 Å². The van der Waals surface area contributed by atoms with Gasteiger partial charge in [-0.05, 0) is 25.1 Å². The highest BCUT2D eigenvalue weighted by Crippen LogP contribution is 2.19. The van der Waals surface area contributed by atoms with Crippen LogP contribution in [-0.2, 0) is 20.8 Å². The van der Waals surface area contributed by atoms with Crippen LogP contribution in [0.2, 0.25) is 0 Å². The summed E-state index contributed by atoms with van der Waals surface area (Å²) < 4.78 is 11.8. The SMILES string of the molecule is CCOC(=O)Cn1c(=N)sc2cc(C(=O)OC)ccc21. The Morgan fingerprint density at radius 1 is 1.40 bits per heavy atom. The van der Waals surface area contributed by atoms with Crippen LogP contribution in [0.15, 0.2) is 18.2 Å². The molecule has 2 rings (SSSR count). The Kier molecular flexibility index (Phi) is 4.19. The lowest BCUT2D eigenvalue weighted by atomic mass is 10.2. The molecule has 1 N–H and O–H groups in total. The third-order valence-corrected chi connectivity index (χ3v) is 3.68. The van der Waals surface area contributed by atoms with Gasteiger partial charge in [0.25, 0.3) is 0 Å². The summed E-state index contributed by atoms with van der Waals surface area (Å²) >= 11 is 1.19. The number of hydrogen-bond acceptors (Lipinski definition) is 6. The maximum atomic E-state index is 11.5. The van der Waals surface area contributed by atoms with Gasteiger partial charge in [-0.3, -0.25) is 10.2 Å². The fourth-order valence-corrected chi connectivity index (χ4v) is 2.78. The third-order valence-electron chi connectivity index (χ3n) is 2.72. The van der Waals surface area contributed by atoms with E-state index in [0.717, 1.165) is 10.2 Å². The normalized spacial score (nSPS) is 10.5. The van der Waals surface area contributed by atoms with Crippen molar-refractivity contribution in [2.75, 3.05) is 13.7 Å². The Morgan fingerprint density at radius 2 is 2.15 bits per heavy atom. The molecule has 0 saturated carbocycles. The van der Waals surface area contributed by atoms with Crippen LogP contribution in [0.4, 0.5) is 0 Å². The molecular weight excluding hydrogens is 280 g/mol. The average Bonchev–Trinajstić information content (AvgIpc) is 2.73. The van der Waals surface area contributed by atoms with Gasteiger partial charge >= 0.3 is 11.9 Å². The molecular formula is C13H14N2O4S. The number of esters is 2. The molecule has 0 aliphatic heterocycles.